The lowest BCUT2D eigenvalue weighted by atomic mass is 10.1. The summed E-state index contributed by atoms with van der Waals surface area (Å²) in [6, 6.07) is 9.46. The highest BCUT2D eigenvalue weighted by molar-refractivity contribution is 7.12. The molecule has 0 aliphatic carbocycles. The van der Waals surface area contributed by atoms with Crippen molar-refractivity contribution in [1.82, 2.24) is 9.80 Å². The number of unbranched alkanes of at least 4 members (excludes halogenated alkanes) is 1. The van der Waals surface area contributed by atoms with Crippen LogP contribution in [-0.2, 0) is 35.2 Å². The highest BCUT2D eigenvalue weighted by Gasteiger charge is 2.11. The molecule has 0 amide bonds. The Balaban J connectivity index is 1.05. The van der Waals surface area contributed by atoms with E-state index in [2.05, 4.69) is 34.1 Å². The van der Waals surface area contributed by atoms with Gasteiger partial charge in [0.1, 0.15) is 0 Å². The van der Waals surface area contributed by atoms with Crippen LogP contribution in [0.4, 0.5) is 0 Å². The number of nitrogens with zero attached hydrogens (tertiary/aromatic N) is 2. The van der Waals surface area contributed by atoms with Crippen LogP contribution in [0.15, 0.2) is 24.3 Å². The molecule has 2 aliphatic heterocycles. The molecule has 0 bridgehead atoms. The number of ether oxygens (including phenoxy) is 2. The lowest BCUT2D eigenvalue weighted by Crippen LogP contribution is -2.36. The first-order valence-corrected chi connectivity index (χ1v) is 14.2. The van der Waals surface area contributed by atoms with Gasteiger partial charge < -0.3 is 9.47 Å². The molecule has 2 aliphatic rings. The molecule has 2 aromatic rings. The van der Waals surface area contributed by atoms with Crippen molar-refractivity contribution in [3.63, 3.8) is 0 Å². The van der Waals surface area contributed by atoms with Crippen LogP contribution in [0.2, 0.25) is 0 Å². The molecule has 2 aromatic heterocycles. The quantitative estimate of drug-likeness (QED) is 0.384. The van der Waals surface area contributed by atoms with Crippen molar-refractivity contribution in [2.45, 2.75) is 51.4 Å². The molecule has 0 atom stereocenters. The highest BCUT2D eigenvalue weighted by atomic mass is 32.1. The predicted molar refractivity (Wildman–Crippen MR) is 136 cm³/mol. The topological polar surface area (TPSA) is 24.9 Å². The Hall–Kier alpha value is -0.760. The van der Waals surface area contributed by atoms with Crippen LogP contribution in [0, 0.1) is 0 Å². The first-order chi connectivity index (χ1) is 15.8. The molecule has 4 nitrogen and oxygen atoms in total. The summed E-state index contributed by atoms with van der Waals surface area (Å²) in [6.07, 6.45) is 10.1. The molecule has 0 radical (unpaired) electrons. The normalized spacial score (nSPS) is 18.4. The molecule has 0 aromatic carbocycles. The Bertz CT molecular complexity index is 699. The van der Waals surface area contributed by atoms with Crippen molar-refractivity contribution in [1.29, 1.82) is 0 Å². The number of aryl methyl sites for hydroxylation is 4. The monoisotopic (exact) mass is 476 g/mol. The van der Waals surface area contributed by atoms with Crippen molar-refractivity contribution < 1.29 is 9.47 Å². The van der Waals surface area contributed by atoms with Crippen molar-refractivity contribution in [2.75, 3.05) is 65.7 Å². The third-order valence-corrected chi connectivity index (χ3v) is 8.94. The number of morpholine rings is 2. The number of thiophene rings is 2. The molecule has 0 saturated carbocycles. The summed E-state index contributed by atoms with van der Waals surface area (Å²) in [6.45, 7) is 10.5. The van der Waals surface area contributed by atoms with Crippen LogP contribution in [-0.4, -0.2) is 75.5 Å². The zero-order valence-corrected chi connectivity index (χ0v) is 21.2. The van der Waals surface area contributed by atoms with Gasteiger partial charge in [-0.25, -0.2) is 0 Å². The first kappa shape index (κ1) is 24.4. The summed E-state index contributed by atoms with van der Waals surface area (Å²) in [4.78, 5) is 11.3. The Morgan fingerprint density at radius 1 is 0.531 bits per heavy atom. The number of rotatable bonds is 13. The lowest BCUT2D eigenvalue weighted by Gasteiger charge is -2.26. The van der Waals surface area contributed by atoms with Crippen molar-refractivity contribution in [3.05, 3.63) is 43.8 Å². The number of hydrogen-bond acceptors (Lipinski definition) is 6. The molecule has 0 spiro atoms. The predicted octanol–water partition coefficient (Wildman–Crippen LogP) is 4.90. The average molecular weight is 477 g/mol. The summed E-state index contributed by atoms with van der Waals surface area (Å²) >= 11 is 4.08. The SMILES string of the molecule is c1cc(CCCN2CCOCC2)sc1CCCCc1ccc(CCCN2CCOCC2)s1. The maximum atomic E-state index is 5.44. The zero-order chi connectivity index (χ0) is 21.8. The van der Waals surface area contributed by atoms with E-state index in [0.29, 0.717) is 0 Å². The van der Waals surface area contributed by atoms with E-state index in [0.717, 1.165) is 52.6 Å². The van der Waals surface area contributed by atoms with Crippen molar-refractivity contribution in [2.24, 2.45) is 0 Å². The van der Waals surface area contributed by atoms with Gasteiger partial charge in [-0.15, -0.1) is 22.7 Å². The second kappa shape index (κ2) is 13.8. The van der Waals surface area contributed by atoms with E-state index in [-0.39, 0.29) is 0 Å². The van der Waals surface area contributed by atoms with Gasteiger partial charge >= 0.3 is 0 Å². The van der Waals surface area contributed by atoms with Gasteiger partial charge in [0.25, 0.3) is 0 Å². The molecule has 2 fully saturated rings. The minimum atomic E-state index is 0.908. The Morgan fingerprint density at radius 3 is 1.25 bits per heavy atom. The third kappa shape index (κ3) is 8.54. The maximum Gasteiger partial charge on any atom is 0.0594 e. The smallest absolute Gasteiger partial charge is 0.0594 e. The van der Waals surface area contributed by atoms with E-state index in [9.17, 15) is 0 Å². The van der Waals surface area contributed by atoms with Gasteiger partial charge in [-0.3, -0.25) is 9.80 Å². The molecule has 32 heavy (non-hydrogen) atoms. The molecule has 4 rings (SSSR count). The summed E-state index contributed by atoms with van der Waals surface area (Å²) in [7, 11) is 0. The van der Waals surface area contributed by atoms with E-state index in [4.69, 9.17) is 9.47 Å². The van der Waals surface area contributed by atoms with Gasteiger partial charge in [0.05, 0.1) is 26.4 Å². The minimum Gasteiger partial charge on any atom is -0.379 e. The van der Waals surface area contributed by atoms with Crippen LogP contribution >= 0.6 is 22.7 Å². The van der Waals surface area contributed by atoms with E-state index in [1.165, 1.54) is 64.5 Å². The van der Waals surface area contributed by atoms with E-state index >= 15 is 0 Å². The second-order valence-electron chi connectivity index (χ2n) is 9.06. The molecule has 178 valence electrons. The second-order valence-corrected chi connectivity index (χ2v) is 11.6. The third-order valence-electron chi connectivity index (χ3n) is 6.53. The van der Waals surface area contributed by atoms with Crippen LogP contribution in [0.5, 0.6) is 0 Å². The van der Waals surface area contributed by atoms with Gasteiger partial charge in [-0.05, 0) is 88.7 Å². The first-order valence-electron chi connectivity index (χ1n) is 12.6. The van der Waals surface area contributed by atoms with Crippen LogP contribution in [0.1, 0.15) is 45.2 Å². The number of hydrogen-bond donors (Lipinski definition) is 0. The molecule has 0 unspecified atom stereocenters. The van der Waals surface area contributed by atoms with Crippen molar-refractivity contribution in [3.8, 4) is 0 Å². The molecule has 0 N–H and O–H groups in total. The highest BCUT2D eigenvalue weighted by Crippen LogP contribution is 2.23. The van der Waals surface area contributed by atoms with Gasteiger partial charge in [0.2, 0.25) is 0 Å². The Labute approximate surface area is 202 Å². The molecule has 2 saturated heterocycles. The fraction of sp³-hybridized carbons (Fsp3) is 0.692. The van der Waals surface area contributed by atoms with Gasteiger partial charge in [-0.1, -0.05) is 0 Å². The zero-order valence-electron chi connectivity index (χ0n) is 19.6. The Morgan fingerprint density at radius 2 is 0.875 bits per heavy atom. The lowest BCUT2D eigenvalue weighted by molar-refractivity contribution is 0.0374. The molecular weight excluding hydrogens is 436 g/mol. The maximum absolute atomic E-state index is 5.44. The molecular formula is C26H40N2O2S2. The van der Waals surface area contributed by atoms with Crippen LogP contribution in [0.25, 0.3) is 0 Å². The summed E-state index contributed by atoms with van der Waals surface area (Å²) < 4.78 is 10.9. The standard InChI is InChI=1S/C26H40N2O2S2/c1(5-23-9-11-25(31-23)7-3-13-27-15-19-29-20-16-27)2-6-24-10-12-26(32-24)8-4-14-28-17-21-30-22-18-28/h9-12H,1-8,13-22H2. The Kier molecular flexibility index (Phi) is 10.5. The van der Waals surface area contributed by atoms with Gasteiger partial charge in [0, 0.05) is 45.7 Å². The largest absolute Gasteiger partial charge is 0.379 e. The van der Waals surface area contributed by atoms with Crippen molar-refractivity contribution >= 4 is 22.7 Å². The van der Waals surface area contributed by atoms with E-state index in [1.54, 1.807) is 19.5 Å². The summed E-state index contributed by atoms with van der Waals surface area (Å²) in [5, 5.41) is 0. The molecule has 6 heteroatoms. The van der Waals surface area contributed by atoms with Gasteiger partial charge in [0.15, 0.2) is 0 Å². The summed E-state index contributed by atoms with van der Waals surface area (Å²) in [5.41, 5.74) is 0. The average Bonchev–Trinajstić information content (AvgIpc) is 3.48. The minimum absolute atomic E-state index is 0.908. The molecule has 4 heterocycles. The van der Waals surface area contributed by atoms with Crippen LogP contribution in [0.3, 0.4) is 0 Å². The van der Waals surface area contributed by atoms with Gasteiger partial charge in [-0.2, -0.15) is 0 Å². The fourth-order valence-corrected chi connectivity index (χ4v) is 6.79. The fourth-order valence-electron chi connectivity index (χ4n) is 4.58. The van der Waals surface area contributed by atoms with E-state index in [1.807, 2.05) is 22.7 Å². The van der Waals surface area contributed by atoms with Crippen LogP contribution < -0.4 is 0 Å². The van der Waals surface area contributed by atoms with E-state index < -0.39 is 0 Å². The summed E-state index contributed by atoms with van der Waals surface area (Å²) in [5.74, 6) is 0.